The van der Waals surface area contributed by atoms with Crippen molar-refractivity contribution < 1.29 is 5.11 Å². The molecule has 46 valence electrons. The Kier molecular flexibility index (Phi) is 1.39. The first-order valence-electron chi connectivity index (χ1n) is 3.05. The van der Waals surface area contributed by atoms with Gasteiger partial charge in [0.05, 0.1) is 6.10 Å². The third kappa shape index (κ3) is 0.920. The highest BCUT2D eigenvalue weighted by Gasteiger charge is 2.18. The van der Waals surface area contributed by atoms with Gasteiger partial charge in [-0.1, -0.05) is 18.6 Å². The summed E-state index contributed by atoms with van der Waals surface area (Å²) in [6.07, 6.45) is 2.90. The van der Waals surface area contributed by atoms with Crippen LogP contribution in [0.4, 0.5) is 0 Å². The Bertz CT molecular complexity index is 116. The van der Waals surface area contributed by atoms with Crippen LogP contribution in [0.3, 0.4) is 0 Å². The average Bonchev–Trinajstić information content (AvgIpc) is 1.85. The molecule has 1 aliphatic rings. The predicted molar refractivity (Wildman–Crippen MR) is 33.5 cm³/mol. The Balaban J connectivity index is 2.56. The molecule has 2 atom stereocenters. The molecule has 0 saturated carbocycles. The zero-order valence-corrected chi connectivity index (χ0v) is 5.39. The van der Waals surface area contributed by atoms with Gasteiger partial charge in [-0.15, -0.1) is 0 Å². The average molecular weight is 112 g/mol. The first-order valence-corrected chi connectivity index (χ1v) is 3.05. The third-order valence-electron chi connectivity index (χ3n) is 1.69. The van der Waals surface area contributed by atoms with Crippen LogP contribution in [0.15, 0.2) is 11.6 Å². The summed E-state index contributed by atoms with van der Waals surface area (Å²) in [4.78, 5) is 0. The maximum absolute atomic E-state index is 9.12. The second-order valence-corrected chi connectivity index (χ2v) is 2.64. The van der Waals surface area contributed by atoms with E-state index in [-0.39, 0.29) is 6.10 Å². The van der Waals surface area contributed by atoms with Gasteiger partial charge >= 0.3 is 0 Å². The lowest BCUT2D eigenvalue weighted by atomic mass is 10.1. The number of hydrogen-bond acceptors (Lipinski definition) is 1. The SMILES string of the molecule is CC1=C[C@H](C)[C@@H](O)C1. The van der Waals surface area contributed by atoms with E-state index in [1.165, 1.54) is 5.57 Å². The van der Waals surface area contributed by atoms with Crippen molar-refractivity contribution in [1.29, 1.82) is 0 Å². The molecule has 0 aromatic rings. The minimum absolute atomic E-state index is 0.102. The first-order chi connectivity index (χ1) is 3.70. The van der Waals surface area contributed by atoms with E-state index < -0.39 is 0 Å². The molecule has 0 spiro atoms. The maximum Gasteiger partial charge on any atom is 0.0637 e. The number of rotatable bonds is 0. The van der Waals surface area contributed by atoms with Gasteiger partial charge in [0.15, 0.2) is 0 Å². The molecular formula is C7H12O. The highest BCUT2D eigenvalue weighted by atomic mass is 16.3. The van der Waals surface area contributed by atoms with Crippen LogP contribution in [0.5, 0.6) is 0 Å². The van der Waals surface area contributed by atoms with Gasteiger partial charge in [0.1, 0.15) is 0 Å². The molecule has 1 heteroatoms. The molecule has 0 radical (unpaired) electrons. The topological polar surface area (TPSA) is 20.2 Å². The van der Waals surface area contributed by atoms with Crippen LogP contribution >= 0.6 is 0 Å². The molecule has 0 aromatic heterocycles. The smallest absolute Gasteiger partial charge is 0.0637 e. The van der Waals surface area contributed by atoms with E-state index in [0.717, 1.165) is 6.42 Å². The van der Waals surface area contributed by atoms with Crippen LogP contribution in [0.1, 0.15) is 20.3 Å². The lowest BCUT2D eigenvalue weighted by molar-refractivity contribution is 0.150. The Morgan fingerprint density at radius 2 is 2.38 bits per heavy atom. The Labute approximate surface area is 50.0 Å². The van der Waals surface area contributed by atoms with Crippen molar-refractivity contribution in [1.82, 2.24) is 0 Å². The highest BCUT2D eigenvalue weighted by molar-refractivity contribution is 5.10. The summed E-state index contributed by atoms with van der Waals surface area (Å²) in [5, 5.41) is 9.12. The van der Waals surface area contributed by atoms with Gasteiger partial charge in [-0.05, 0) is 13.3 Å². The highest BCUT2D eigenvalue weighted by Crippen LogP contribution is 2.22. The summed E-state index contributed by atoms with van der Waals surface area (Å²) in [5.41, 5.74) is 1.32. The molecule has 1 nitrogen and oxygen atoms in total. The van der Waals surface area contributed by atoms with Crippen molar-refractivity contribution in [2.75, 3.05) is 0 Å². The van der Waals surface area contributed by atoms with Gasteiger partial charge in [0, 0.05) is 5.92 Å². The minimum Gasteiger partial charge on any atom is -0.392 e. The molecule has 0 fully saturated rings. The molecule has 0 aliphatic heterocycles. The number of hydrogen-bond donors (Lipinski definition) is 1. The summed E-state index contributed by atoms with van der Waals surface area (Å²) < 4.78 is 0. The lowest BCUT2D eigenvalue weighted by Gasteiger charge is -2.04. The fraction of sp³-hybridized carbons (Fsp3) is 0.714. The van der Waals surface area contributed by atoms with Crippen molar-refractivity contribution in [3.05, 3.63) is 11.6 Å². The van der Waals surface area contributed by atoms with E-state index in [2.05, 4.69) is 13.0 Å². The molecule has 0 aromatic carbocycles. The van der Waals surface area contributed by atoms with E-state index in [4.69, 9.17) is 5.11 Å². The van der Waals surface area contributed by atoms with Crippen LogP contribution in [0, 0.1) is 5.92 Å². The monoisotopic (exact) mass is 112 g/mol. The van der Waals surface area contributed by atoms with Crippen LogP contribution in [-0.2, 0) is 0 Å². The zero-order valence-electron chi connectivity index (χ0n) is 5.39. The van der Waals surface area contributed by atoms with E-state index in [0.29, 0.717) is 5.92 Å². The molecule has 0 unspecified atom stereocenters. The summed E-state index contributed by atoms with van der Waals surface area (Å²) in [7, 11) is 0. The number of aliphatic hydroxyl groups is 1. The van der Waals surface area contributed by atoms with Crippen LogP contribution in [-0.4, -0.2) is 11.2 Å². The third-order valence-corrected chi connectivity index (χ3v) is 1.69. The zero-order chi connectivity index (χ0) is 6.15. The van der Waals surface area contributed by atoms with E-state index in [1.54, 1.807) is 0 Å². The second-order valence-electron chi connectivity index (χ2n) is 2.64. The Morgan fingerprint density at radius 3 is 2.50 bits per heavy atom. The predicted octanol–water partition coefficient (Wildman–Crippen LogP) is 1.33. The van der Waals surface area contributed by atoms with E-state index in [1.807, 2.05) is 6.92 Å². The molecule has 1 N–H and O–H groups in total. The van der Waals surface area contributed by atoms with Gasteiger partial charge < -0.3 is 5.11 Å². The Morgan fingerprint density at radius 1 is 1.75 bits per heavy atom. The lowest BCUT2D eigenvalue weighted by Crippen LogP contribution is -2.08. The fourth-order valence-corrected chi connectivity index (χ4v) is 1.14. The van der Waals surface area contributed by atoms with Crippen molar-refractivity contribution >= 4 is 0 Å². The first kappa shape index (κ1) is 5.83. The molecule has 0 amide bonds. The van der Waals surface area contributed by atoms with Gasteiger partial charge in [0.25, 0.3) is 0 Å². The summed E-state index contributed by atoms with van der Waals surface area (Å²) in [6, 6.07) is 0. The fourth-order valence-electron chi connectivity index (χ4n) is 1.14. The largest absolute Gasteiger partial charge is 0.392 e. The van der Waals surface area contributed by atoms with Crippen molar-refractivity contribution in [2.45, 2.75) is 26.4 Å². The van der Waals surface area contributed by atoms with Crippen molar-refractivity contribution in [2.24, 2.45) is 5.92 Å². The van der Waals surface area contributed by atoms with Crippen LogP contribution in [0.25, 0.3) is 0 Å². The van der Waals surface area contributed by atoms with Gasteiger partial charge in [0.2, 0.25) is 0 Å². The molecular weight excluding hydrogens is 100 g/mol. The summed E-state index contributed by atoms with van der Waals surface area (Å²) in [5.74, 6) is 0.384. The molecule has 0 heterocycles. The van der Waals surface area contributed by atoms with Gasteiger partial charge in [-0.2, -0.15) is 0 Å². The van der Waals surface area contributed by atoms with Crippen LogP contribution < -0.4 is 0 Å². The summed E-state index contributed by atoms with van der Waals surface area (Å²) >= 11 is 0. The standard InChI is InChI=1S/C7H12O/c1-5-3-6(2)7(8)4-5/h3,6-8H,4H2,1-2H3/t6-,7-/m0/s1. The second kappa shape index (κ2) is 1.90. The quantitative estimate of drug-likeness (QED) is 0.469. The molecule has 0 saturated heterocycles. The molecule has 0 bridgehead atoms. The van der Waals surface area contributed by atoms with E-state index in [9.17, 15) is 0 Å². The Hall–Kier alpha value is -0.300. The maximum atomic E-state index is 9.12. The van der Waals surface area contributed by atoms with Crippen LogP contribution in [0.2, 0.25) is 0 Å². The summed E-state index contributed by atoms with van der Waals surface area (Å²) in [6.45, 7) is 4.11. The van der Waals surface area contributed by atoms with E-state index >= 15 is 0 Å². The van der Waals surface area contributed by atoms with Crippen molar-refractivity contribution in [3.63, 3.8) is 0 Å². The molecule has 1 rings (SSSR count). The normalized spacial score (nSPS) is 37.6. The molecule has 1 aliphatic carbocycles. The van der Waals surface area contributed by atoms with Gasteiger partial charge in [-0.3, -0.25) is 0 Å². The number of aliphatic hydroxyl groups excluding tert-OH is 1. The van der Waals surface area contributed by atoms with Gasteiger partial charge in [-0.25, -0.2) is 0 Å². The van der Waals surface area contributed by atoms with Crippen molar-refractivity contribution in [3.8, 4) is 0 Å². The molecule has 8 heavy (non-hydrogen) atoms. The minimum atomic E-state index is -0.102.